The molecule has 0 aromatic carbocycles. The summed E-state index contributed by atoms with van der Waals surface area (Å²) in [5, 5.41) is 10.8. The van der Waals surface area contributed by atoms with Gasteiger partial charge in [-0.3, -0.25) is 4.98 Å². The minimum absolute atomic E-state index is 0.484. The van der Waals surface area contributed by atoms with Crippen LogP contribution in [-0.4, -0.2) is 23.6 Å². The van der Waals surface area contributed by atoms with Crippen LogP contribution in [0.3, 0.4) is 0 Å². The van der Waals surface area contributed by atoms with E-state index in [1.165, 1.54) is 11.3 Å². The van der Waals surface area contributed by atoms with Crippen molar-refractivity contribution >= 4 is 16.3 Å². The Bertz CT molecular complexity index is 541. The topological polar surface area (TPSA) is 52.8 Å². The van der Waals surface area contributed by atoms with Crippen LogP contribution in [0, 0.1) is 11.3 Å². The van der Waals surface area contributed by atoms with Gasteiger partial charge in [-0.2, -0.15) is 5.26 Å². The van der Waals surface area contributed by atoms with Gasteiger partial charge in [0.2, 0.25) is 0 Å². The summed E-state index contributed by atoms with van der Waals surface area (Å²) in [6, 6.07) is 5.95. The standard InChI is InChI=1S/C12H12N4S/c1-3-16(2)12-10(7-13)15-11(17-12)9-5-4-6-14-8-9/h4-6,8H,3H2,1-2H3. The Hall–Kier alpha value is -1.93. The van der Waals surface area contributed by atoms with Crippen LogP contribution in [-0.2, 0) is 0 Å². The van der Waals surface area contributed by atoms with E-state index in [2.05, 4.69) is 16.0 Å². The minimum atomic E-state index is 0.484. The first-order chi connectivity index (χ1) is 8.26. The number of aromatic nitrogens is 2. The fourth-order valence-electron chi connectivity index (χ4n) is 1.40. The highest BCUT2D eigenvalue weighted by atomic mass is 32.1. The SMILES string of the molecule is CCN(C)c1sc(-c2cccnc2)nc1C#N. The van der Waals surface area contributed by atoms with Crippen molar-refractivity contribution < 1.29 is 0 Å². The van der Waals surface area contributed by atoms with E-state index in [1.807, 2.05) is 31.0 Å². The molecule has 0 radical (unpaired) electrons. The summed E-state index contributed by atoms with van der Waals surface area (Å²) >= 11 is 1.52. The van der Waals surface area contributed by atoms with E-state index in [1.54, 1.807) is 12.4 Å². The van der Waals surface area contributed by atoms with Gasteiger partial charge in [-0.25, -0.2) is 4.98 Å². The van der Waals surface area contributed by atoms with Crippen LogP contribution in [0.5, 0.6) is 0 Å². The fourth-order valence-corrected chi connectivity index (χ4v) is 2.43. The molecule has 0 aliphatic rings. The highest BCUT2D eigenvalue weighted by Crippen LogP contribution is 2.33. The molecular weight excluding hydrogens is 232 g/mol. The van der Waals surface area contributed by atoms with Gasteiger partial charge in [0, 0.05) is 31.5 Å². The largest absolute Gasteiger partial charge is 0.364 e. The highest BCUT2D eigenvalue weighted by molar-refractivity contribution is 7.19. The Balaban J connectivity index is 2.46. The third kappa shape index (κ3) is 2.27. The Kier molecular flexibility index (Phi) is 3.35. The summed E-state index contributed by atoms with van der Waals surface area (Å²) in [7, 11) is 1.96. The van der Waals surface area contributed by atoms with E-state index in [0.29, 0.717) is 5.69 Å². The summed E-state index contributed by atoms with van der Waals surface area (Å²) in [6.45, 7) is 2.90. The smallest absolute Gasteiger partial charge is 0.175 e. The second-order valence-corrected chi connectivity index (χ2v) is 4.52. The molecule has 2 aromatic rings. The summed E-state index contributed by atoms with van der Waals surface area (Å²) in [4.78, 5) is 10.4. The molecule has 2 heterocycles. The Morgan fingerprint density at radius 2 is 2.35 bits per heavy atom. The van der Waals surface area contributed by atoms with Gasteiger partial charge in [0.1, 0.15) is 16.1 Å². The maximum atomic E-state index is 9.07. The molecule has 0 atom stereocenters. The second kappa shape index (κ2) is 4.93. The summed E-state index contributed by atoms with van der Waals surface area (Å²) in [5.41, 5.74) is 1.43. The molecule has 0 unspecified atom stereocenters. The van der Waals surface area contributed by atoms with Crippen LogP contribution in [0.25, 0.3) is 10.6 Å². The summed E-state index contributed by atoms with van der Waals surface area (Å²) in [5.74, 6) is 0. The van der Waals surface area contributed by atoms with Gasteiger partial charge >= 0.3 is 0 Å². The van der Waals surface area contributed by atoms with Crippen molar-refractivity contribution in [3.8, 4) is 16.6 Å². The van der Waals surface area contributed by atoms with Crippen LogP contribution >= 0.6 is 11.3 Å². The molecule has 0 saturated heterocycles. The van der Waals surface area contributed by atoms with Gasteiger partial charge in [-0.1, -0.05) is 11.3 Å². The molecule has 17 heavy (non-hydrogen) atoms. The number of thiazole rings is 1. The van der Waals surface area contributed by atoms with Gasteiger partial charge < -0.3 is 4.90 Å². The third-order valence-corrected chi connectivity index (χ3v) is 3.66. The van der Waals surface area contributed by atoms with Gasteiger partial charge in [-0.15, -0.1) is 0 Å². The van der Waals surface area contributed by atoms with E-state index in [9.17, 15) is 0 Å². The lowest BCUT2D eigenvalue weighted by molar-refractivity contribution is 0.975. The van der Waals surface area contributed by atoms with Gasteiger partial charge in [0.15, 0.2) is 5.69 Å². The Morgan fingerprint density at radius 1 is 1.53 bits per heavy atom. The second-order valence-electron chi connectivity index (χ2n) is 3.54. The van der Waals surface area contributed by atoms with E-state index in [4.69, 9.17) is 5.26 Å². The molecule has 0 aliphatic carbocycles. The average Bonchev–Trinajstić information content (AvgIpc) is 2.83. The lowest BCUT2D eigenvalue weighted by Gasteiger charge is -2.12. The predicted molar refractivity (Wildman–Crippen MR) is 69.0 cm³/mol. The number of pyridine rings is 1. The van der Waals surface area contributed by atoms with Crippen LogP contribution in [0.4, 0.5) is 5.00 Å². The maximum Gasteiger partial charge on any atom is 0.175 e. The predicted octanol–water partition coefficient (Wildman–Crippen LogP) is 2.53. The molecule has 0 saturated carbocycles. The van der Waals surface area contributed by atoms with Crippen molar-refractivity contribution in [3.05, 3.63) is 30.2 Å². The first kappa shape index (κ1) is 11.6. The molecule has 0 aliphatic heterocycles. The first-order valence-corrected chi connectivity index (χ1v) is 6.10. The average molecular weight is 244 g/mol. The van der Waals surface area contributed by atoms with Crippen molar-refractivity contribution in [2.45, 2.75) is 6.92 Å². The van der Waals surface area contributed by atoms with Crippen LogP contribution in [0.15, 0.2) is 24.5 Å². The Labute approximate surface area is 104 Å². The van der Waals surface area contributed by atoms with Crippen molar-refractivity contribution in [2.24, 2.45) is 0 Å². The van der Waals surface area contributed by atoms with Crippen LogP contribution in [0.1, 0.15) is 12.6 Å². The monoisotopic (exact) mass is 244 g/mol. The molecule has 2 aromatic heterocycles. The number of nitrogens with zero attached hydrogens (tertiary/aromatic N) is 4. The molecule has 5 heteroatoms. The zero-order valence-corrected chi connectivity index (χ0v) is 10.5. The molecule has 0 bridgehead atoms. The summed E-state index contributed by atoms with van der Waals surface area (Å²) < 4.78 is 0. The molecule has 0 fully saturated rings. The van der Waals surface area contributed by atoms with Crippen molar-refractivity contribution in [2.75, 3.05) is 18.5 Å². The van der Waals surface area contributed by atoms with Crippen molar-refractivity contribution in [1.82, 2.24) is 9.97 Å². The van der Waals surface area contributed by atoms with E-state index in [0.717, 1.165) is 22.1 Å². The number of hydrogen-bond donors (Lipinski definition) is 0. The molecule has 0 spiro atoms. The quantitative estimate of drug-likeness (QED) is 0.832. The van der Waals surface area contributed by atoms with E-state index in [-0.39, 0.29) is 0 Å². The molecule has 2 rings (SSSR count). The lowest BCUT2D eigenvalue weighted by Crippen LogP contribution is -2.15. The molecule has 0 amide bonds. The molecule has 86 valence electrons. The van der Waals surface area contributed by atoms with Crippen LogP contribution in [0.2, 0.25) is 0 Å². The third-order valence-electron chi connectivity index (χ3n) is 2.44. The van der Waals surface area contributed by atoms with Gasteiger partial charge in [0.25, 0.3) is 0 Å². The van der Waals surface area contributed by atoms with E-state index < -0.39 is 0 Å². The van der Waals surface area contributed by atoms with Crippen molar-refractivity contribution in [1.29, 1.82) is 5.26 Å². The maximum absolute atomic E-state index is 9.07. The summed E-state index contributed by atoms with van der Waals surface area (Å²) in [6.07, 6.45) is 3.48. The zero-order chi connectivity index (χ0) is 12.3. The molecular formula is C12H12N4S. The highest BCUT2D eigenvalue weighted by Gasteiger charge is 2.14. The van der Waals surface area contributed by atoms with Gasteiger partial charge in [-0.05, 0) is 19.1 Å². The Morgan fingerprint density at radius 3 is 2.94 bits per heavy atom. The minimum Gasteiger partial charge on any atom is -0.364 e. The number of rotatable bonds is 3. The van der Waals surface area contributed by atoms with Crippen LogP contribution < -0.4 is 4.90 Å². The molecule has 4 nitrogen and oxygen atoms in total. The van der Waals surface area contributed by atoms with Crippen molar-refractivity contribution in [3.63, 3.8) is 0 Å². The number of anilines is 1. The van der Waals surface area contributed by atoms with E-state index >= 15 is 0 Å². The lowest BCUT2D eigenvalue weighted by atomic mass is 10.3. The van der Waals surface area contributed by atoms with Gasteiger partial charge in [0.05, 0.1) is 0 Å². The fraction of sp³-hybridized carbons (Fsp3) is 0.250. The zero-order valence-electron chi connectivity index (χ0n) is 9.71. The number of nitriles is 1. The number of hydrogen-bond acceptors (Lipinski definition) is 5. The molecule has 0 N–H and O–H groups in total. The first-order valence-electron chi connectivity index (χ1n) is 5.28. The normalized spacial score (nSPS) is 9.94.